The first-order valence-electron chi connectivity index (χ1n) is 5.92. The molecule has 0 saturated heterocycles. The molecule has 0 amide bonds. The molecule has 18 heavy (non-hydrogen) atoms. The molecule has 1 atom stereocenters. The van der Waals surface area contributed by atoms with Crippen molar-refractivity contribution >= 4 is 6.08 Å². The predicted molar refractivity (Wildman–Crippen MR) is 76.1 cm³/mol. The molecule has 0 saturated carbocycles. The van der Waals surface area contributed by atoms with Crippen molar-refractivity contribution in [3.05, 3.63) is 42.0 Å². The largest absolute Gasteiger partial charge is 0.496 e. The number of nitrogens with two attached hydrogens (primary N) is 1. The van der Waals surface area contributed by atoms with Gasteiger partial charge in [-0.2, -0.15) is 0 Å². The van der Waals surface area contributed by atoms with Crippen LogP contribution in [-0.4, -0.2) is 20.3 Å². The van der Waals surface area contributed by atoms with Crippen LogP contribution in [0, 0.1) is 0 Å². The fourth-order valence-electron chi connectivity index (χ4n) is 1.81. The molecule has 1 aromatic rings. The molecule has 0 aromatic heterocycles. The quantitative estimate of drug-likeness (QED) is 0.786. The Bertz CT molecular complexity index is 411. The first kappa shape index (κ1) is 14.3. The highest BCUT2D eigenvalue weighted by Crippen LogP contribution is 2.32. The van der Waals surface area contributed by atoms with Crippen LogP contribution in [0.15, 0.2) is 30.9 Å². The van der Waals surface area contributed by atoms with Gasteiger partial charge in [-0.3, -0.25) is 0 Å². The van der Waals surface area contributed by atoms with Crippen LogP contribution in [-0.2, 0) is 6.42 Å². The Balaban J connectivity index is 3.24. The van der Waals surface area contributed by atoms with Crippen molar-refractivity contribution in [2.75, 3.05) is 14.2 Å². The summed E-state index contributed by atoms with van der Waals surface area (Å²) in [5.74, 6) is 1.56. The number of hydrogen-bond acceptors (Lipinski definition) is 3. The summed E-state index contributed by atoms with van der Waals surface area (Å²) in [7, 11) is 3.30. The third-order valence-corrected chi connectivity index (χ3v) is 2.56. The van der Waals surface area contributed by atoms with Crippen molar-refractivity contribution in [1.82, 2.24) is 0 Å². The molecule has 0 heterocycles. The molecule has 0 fully saturated rings. The molecule has 2 N–H and O–H groups in total. The number of methoxy groups -OCH3 is 2. The summed E-state index contributed by atoms with van der Waals surface area (Å²) in [6.07, 6.45) is 6.28. The summed E-state index contributed by atoms with van der Waals surface area (Å²) in [6, 6.07) is 4.09. The molecular weight excluding hydrogens is 226 g/mol. The molecule has 0 aliphatic carbocycles. The van der Waals surface area contributed by atoms with Gasteiger partial charge in [0.2, 0.25) is 0 Å². The minimum absolute atomic E-state index is 0.106. The van der Waals surface area contributed by atoms with E-state index >= 15 is 0 Å². The van der Waals surface area contributed by atoms with E-state index in [1.54, 1.807) is 20.3 Å². The minimum Gasteiger partial charge on any atom is -0.496 e. The van der Waals surface area contributed by atoms with E-state index in [1.165, 1.54) is 0 Å². The predicted octanol–water partition coefficient (Wildman–Crippen LogP) is 2.79. The van der Waals surface area contributed by atoms with Crippen molar-refractivity contribution in [3.8, 4) is 11.5 Å². The van der Waals surface area contributed by atoms with Gasteiger partial charge in [-0.1, -0.05) is 18.7 Å². The Hall–Kier alpha value is -1.74. The van der Waals surface area contributed by atoms with Crippen LogP contribution in [0.25, 0.3) is 6.08 Å². The molecule has 1 unspecified atom stereocenters. The van der Waals surface area contributed by atoms with Crippen molar-refractivity contribution in [2.45, 2.75) is 19.4 Å². The lowest BCUT2D eigenvalue weighted by Gasteiger charge is -2.14. The third kappa shape index (κ3) is 3.64. The highest BCUT2D eigenvalue weighted by molar-refractivity contribution is 5.66. The lowest BCUT2D eigenvalue weighted by molar-refractivity contribution is 0.391. The normalized spacial score (nSPS) is 12.4. The van der Waals surface area contributed by atoms with Gasteiger partial charge in [0.05, 0.1) is 19.8 Å². The van der Waals surface area contributed by atoms with Crippen molar-refractivity contribution in [3.63, 3.8) is 0 Å². The molecule has 3 nitrogen and oxygen atoms in total. The molecule has 0 aliphatic rings. The van der Waals surface area contributed by atoms with E-state index in [9.17, 15) is 0 Å². The maximum atomic E-state index is 5.82. The summed E-state index contributed by atoms with van der Waals surface area (Å²) in [5.41, 5.74) is 7.83. The Labute approximate surface area is 109 Å². The van der Waals surface area contributed by atoms with Crippen molar-refractivity contribution < 1.29 is 9.47 Å². The lowest BCUT2D eigenvalue weighted by Crippen LogP contribution is -2.17. The summed E-state index contributed by atoms with van der Waals surface area (Å²) in [6.45, 7) is 5.64. The zero-order valence-electron chi connectivity index (χ0n) is 11.3. The maximum absolute atomic E-state index is 5.82. The Kier molecular flexibility index (Phi) is 5.46. The van der Waals surface area contributed by atoms with Crippen LogP contribution in [0.5, 0.6) is 11.5 Å². The molecular formula is C15H21NO2. The highest BCUT2D eigenvalue weighted by Gasteiger charge is 2.10. The zero-order chi connectivity index (χ0) is 13.5. The van der Waals surface area contributed by atoms with Gasteiger partial charge in [-0.25, -0.2) is 0 Å². The number of rotatable bonds is 6. The summed E-state index contributed by atoms with van der Waals surface area (Å²) < 4.78 is 10.8. The Morgan fingerprint density at radius 2 is 1.83 bits per heavy atom. The fourth-order valence-corrected chi connectivity index (χ4v) is 1.81. The average Bonchev–Trinajstić information content (AvgIpc) is 2.35. The highest BCUT2D eigenvalue weighted by atomic mass is 16.5. The molecule has 1 rings (SSSR count). The minimum atomic E-state index is 0.106. The maximum Gasteiger partial charge on any atom is 0.130 e. The van der Waals surface area contributed by atoms with Crippen LogP contribution >= 0.6 is 0 Å². The first-order chi connectivity index (χ1) is 8.62. The topological polar surface area (TPSA) is 44.5 Å². The van der Waals surface area contributed by atoms with E-state index in [4.69, 9.17) is 15.2 Å². The van der Waals surface area contributed by atoms with Gasteiger partial charge in [-0.05, 0) is 37.1 Å². The van der Waals surface area contributed by atoms with Gasteiger partial charge >= 0.3 is 0 Å². The molecule has 0 radical (unpaired) electrons. The molecule has 0 aliphatic heterocycles. The first-order valence-corrected chi connectivity index (χ1v) is 5.92. The second-order valence-electron chi connectivity index (χ2n) is 4.19. The number of hydrogen-bond donors (Lipinski definition) is 1. The van der Waals surface area contributed by atoms with Crippen LogP contribution in [0.4, 0.5) is 0 Å². The molecule has 0 bridgehead atoms. The van der Waals surface area contributed by atoms with Crippen molar-refractivity contribution in [1.29, 1.82) is 0 Å². The van der Waals surface area contributed by atoms with Gasteiger partial charge in [0.15, 0.2) is 0 Å². The zero-order valence-corrected chi connectivity index (χ0v) is 11.3. The second-order valence-corrected chi connectivity index (χ2v) is 4.19. The fraction of sp³-hybridized carbons (Fsp3) is 0.333. The summed E-state index contributed by atoms with van der Waals surface area (Å²) in [4.78, 5) is 0. The summed E-state index contributed by atoms with van der Waals surface area (Å²) in [5, 5.41) is 0. The van der Waals surface area contributed by atoms with Gasteiger partial charge < -0.3 is 15.2 Å². The van der Waals surface area contributed by atoms with E-state index in [2.05, 4.69) is 6.58 Å². The standard InChI is InChI=1S/C15H21NO2/c1-5-6-7-13-14(17-3)9-12(8-11(2)16)10-15(13)18-4/h5-7,9-11H,1,8,16H2,2-4H3/b7-6-. The van der Waals surface area contributed by atoms with Crippen LogP contribution in [0.1, 0.15) is 18.1 Å². The third-order valence-electron chi connectivity index (χ3n) is 2.56. The average molecular weight is 247 g/mol. The molecule has 98 valence electrons. The number of allylic oxidation sites excluding steroid dienone is 2. The van der Waals surface area contributed by atoms with E-state index in [1.807, 2.05) is 31.2 Å². The smallest absolute Gasteiger partial charge is 0.130 e. The molecule has 3 heteroatoms. The van der Waals surface area contributed by atoms with E-state index in [-0.39, 0.29) is 6.04 Å². The van der Waals surface area contributed by atoms with Crippen LogP contribution in [0.2, 0.25) is 0 Å². The van der Waals surface area contributed by atoms with E-state index < -0.39 is 0 Å². The van der Waals surface area contributed by atoms with Gasteiger partial charge in [0.25, 0.3) is 0 Å². The number of ether oxygens (including phenoxy) is 2. The second kappa shape index (κ2) is 6.87. The SMILES string of the molecule is C=C/C=C\c1c(OC)cc(CC(C)N)cc1OC. The molecule has 0 spiro atoms. The van der Waals surface area contributed by atoms with E-state index in [0.717, 1.165) is 29.0 Å². The van der Waals surface area contributed by atoms with Gasteiger partial charge in [0, 0.05) is 6.04 Å². The Morgan fingerprint density at radius 3 is 2.22 bits per heavy atom. The molecule has 1 aromatic carbocycles. The van der Waals surface area contributed by atoms with Gasteiger partial charge in [-0.15, -0.1) is 0 Å². The van der Waals surface area contributed by atoms with Crippen LogP contribution < -0.4 is 15.2 Å². The van der Waals surface area contributed by atoms with E-state index in [0.29, 0.717) is 0 Å². The van der Waals surface area contributed by atoms with Crippen molar-refractivity contribution in [2.24, 2.45) is 5.73 Å². The van der Waals surface area contributed by atoms with Crippen LogP contribution in [0.3, 0.4) is 0 Å². The summed E-state index contributed by atoms with van der Waals surface area (Å²) >= 11 is 0. The Morgan fingerprint density at radius 1 is 1.28 bits per heavy atom. The number of benzene rings is 1. The van der Waals surface area contributed by atoms with Gasteiger partial charge in [0.1, 0.15) is 11.5 Å². The monoisotopic (exact) mass is 247 g/mol. The lowest BCUT2D eigenvalue weighted by atomic mass is 10.0.